The van der Waals surface area contributed by atoms with E-state index in [4.69, 9.17) is 0 Å². The van der Waals surface area contributed by atoms with Gasteiger partial charge in [0.25, 0.3) is 11.8 Å². The van der Waals surface area contributed by atoms with Crippen LogP contribution < -0.4 is 10.6 Å². The number of carbonyl (C=O) groups excluding carboxylic acids is 4. The van der Waals surface area contributed by atoms with Crippen molar-refractivity contribution in [3.63, 3.8) is 0 Å². The number of rotatable bonds is 6. The number of nitrogens with zero attached hydrogens (tertiary/aromatic N) is 2. The number of benzene rings is 2. The molecule has 2 aromatic carbocycles. The monoisotopic (exact) mass is 426 g/mol. The van der Waals surface area contributed by atoms with Gasteiger partial charge in [0.2, 0.25) is 5.91 Å². The average Bonchev–Trinajstić information content (AvgIpc) is 2.99. The van der Waals surface area contributed by atoms with E-state index in [9.17, 15) is 23.6 Å². The molecule has 0 spiro atoms. The zero-order valence-electron chi connectivity index (χ0n) is 17.4. The SMILES string of the molecule is CC[C@@]1(c2ccc(F)cc2)NC(=O)N(CC(=O)Nc2ccc(C(=O)N(C)C)cc2)C1=O. The standard InChI is InChI=1S/C22H23FN4O4/c1-4-22(15-7-9-16(23)10-8-15)20(30)27(21(31)25-22)13-18(28)24-17-11-5-14(6-12-17)19(29)26(2)3/h5-12H,4,13H2,1-3H3,(H,24,28)(H,25,31)/t22-/m0/s1. The van der Waals surface area contributed by atoms with E-state index in [0.29, 0.717) is 16.8 Å². The van der Waals surface area contributed by atoms with Gasteiger partial charge in [-0.15, -0.1) is 0 Å². The third-order valence-electron chi connectivity index (χ3n) is 5.17. The van der Waals surface area contributed by atoms with Gasteiger partial charge in [0.1, 0.15) is 17.9 Å². The summed E-state index contributed by atoms with van der Waals surface area (Å²) in [4.78, 5) is 52.2. The summed E-state index contributed by atoms with van der Waals surface area (Å²) in [6.07, 6.45) is 0.239. The Morgan fingerprint density at radius 1 is 1.06 bits per heavy atom. The first-order valence-electron chi connectivity index (χ1n) is 9.69. The first kappa shape index (κ1) is 21.9. The van der Waals surface area contributed by atoms with Gasteiger partial charge >= 0.3 is 6.03 Å². The molecule has 8 nitrogen and oxygen atoms in total. The molecule has 31 heavy (non-hydrogen) atoms. The molecule has 0 aromatic heterocycles. The quantitative estimate of drug-likeness (QED) is 0.693. The lowest BCUT2D eigenvalue weighted by Crippen LogP contribution is -2.44. The van der Waals surface area contributed by atoms with E-state index in [-0.39, 0.29) is 12.3 Å². The Morgan fingerprint density at radius 3 is 2.23 bits per heavy atom. The van der Waals surface area contributed by atoms with Gasteiger partial charge in [-0.25, -0.2) is 9.18 Å². The molecule has 1 aliphatic rings. The first-order valence-corrected chi connectivity index (χ1v) is 9.69. The van der Waals surface area contributed by atoms with Gasteiger partial charge in [0, 0.05) is 25.3 Å². The summed E-state index contributed by atoms with van der Waals surface area (Å²) in [6, 6.07) is 10.9. The predicted molar refractivity (Wildman–Crippen MR) is 112 cm³/mol. The van der Waals surface area contributed by atoms with Gasteiger partial charge in [0.15, 0.2) is 0 Å². The largest absolute Gasteiger partial charge is 0.345 e. The van der Waals surface area contributed by atoms with Crippen LogP contribution in [0.1, 0.15) is 29.3 Å². The van der Waals surface area contributed by atoms with Crippen LogP contribution in [0.25, 0.3) is 0 Å². The van der Waals surface area contributed by atoms with Crippen LogP contribution in [0.2, 0.25) is 0 Å². The lowest BCUT2D eigenvalue weighted by Gasteiger charge is -2.25. The van der Waals surface area contributed by atoms with E-state index in [1.807, 2.05) is 0 Å². The minimum absolute atomic E-state index is 0.172. The second-order valence-electron chi connectivity index (χ2n) is 7.41. The topological polar surface area (TPSA) is 98.8 Å². The first-order chi connectivity index (χ1) is 14.7. The lowest BCUT2D eigenvalue weighted by atomic mass is 9.87. The highest BCUT2D eigenvalue weighted by Gasteiger charge is 2.51. The molecule has 162 valence electrons. The fraction of sp³-hybridized carbons (Fsp3) is 0.273. The highest BCUT2D eigenvalue weighted by atomic mass is 19.1. The summed E-state index contributed by atoms with van der Waals surface area (Å²) in [6.45, 7) is 1.24. The Balaban J connectivity index is 1.71. The highest BCUT2D eigenvalue weighted by Crippen LogP contribution is 2.32. The van der Waals surface area contributed by atoms with Crippen molar-refractivity contribution >= 4 is 29.4 Å². The number of nitrogens with one attached hydrogen (secondary N) is 2. The molecule has 9 heteroatoms. The Hall–Kier alpha value is -3.75. The van der Waals surface area contributed by atoms with Crippen molar-refractivity contribution in [1.82, 2.24) is 15.1 Å². The van der Waals surface area contributed by atoms with Gasteiger partial charge in [-0.3, -0.25) is 19.3 Å². The number of amides is 5. The van der Waals surface area contributed by atoms with E-state index < -0.39 is 35.7 Å². The summed E-state index contributed by atoms with van der Waals surface area (Å²) in [5, 5.41) is 5.26. The molecular weight excluding hydrogens is 403 g/mol. The average molecular weight is 426 g/mol. The van der Waals surface area contributed by atoms with Crippen LogP contribution in [0.4, 0.5) is 14.9 Å². The van der Waals surface area contributed by atoms with Crippen LogP contribution in [0.3, 0.4) is 0 Å². The number of hydrogen-bond acceptors (Lipinski definition) is 4. The minimum Gasteiger partial charge on any atom is -0.345 e. The Kier molecular flexibility index (Phi) is 6.05. The molecule has 2 N–H and O–H groups in total. The maximum absolute atomic E-state index is 13.3. The Labute approximate surface area is 179 Å². The zero-order chi connectivity index (χ0) is 22.8. The number of carbonyl (C=O) groups is 4. The number of imide groups is 1. The summed E-state index contributed by atoms with van der Waals surface area (Å²) in [5.41, 5.74) is -0.0187. The lowest BCUT2D eigenvalue weighted by molar-refractivity contribution is -0.134. The highest BCUT2D eigenvalue weighted by molar-refractivity contribution is 6.10. The summed E-state index contributed by atoms with van der Waals surface area (Å²) < 4.78 is 13.3. The van der Waals surface area contributed by atoms with Crippen molar-refractivity contribution in [2.45, 2.75) is 18.9 Å². The van der Waals surface area contributed by atoms with Gasteiger partial charge < -0.3 is 15.5 Å². The number of urea groups is 1. The molecule has 2 aromatic rings. The molecule has 3 rings (SSSR count). The van der Waals surface area contributed by atoms with Crippen molar-refractivity contribution in [3.8, 4) is 0 Å². The van der Waals surface area contributed by atoms with Crippen LogP contribution in [0.5, 0.6) is 0 Å². The van der Waals surface area contributed by atoms with Crippen molar-refractivity contribution in [2.24, 2.45) is 0 Å². The van der Waals surface area contributed by atoms with Gasteiger partial charge in [-0.1, -0.05) is 19.1 Å². The van der Waals surface area contributed by atoms with Crippen LogP contribution >= 0.6 is 0 Å². The number of hydrogen-bond donors (Lipinski definition) is 2. The molecule has 1 atom stereocenters. The molecule has 0 bridgehead atoms. The van der Waals surface area contributed by atoms with Crippen molar-refractivity contribution in [3.05, 3.63) is 65.5 Å². The predicted octanol–water partition coefficient (Wildman–Crippen LogP) is 2.32. The van der Waals surface area contributed by atoms with Crippen molar-refractivity contribution < 1.29 is 23.6 Å². The molecule has 1 aliphatic heterocycles. The second kappa shape index (κ2) is 8.55. The van der Waals surface area contributed by atoms with Gasteiger partial charge in [0.05, 0.1) is 0 Å². The Bertz CT molecular complexity index is 1020. The zero-order valence-corrected chi connectivity index (χ0v) is 17.4. The number of anilines is 1. The molecule has 1 fully saturated rings. The van der Waals surface area contributed by atoms with E-state index in [0.717, 1.165) is 4.90 Å². The van der Waals surface area contributed by atoms with E-state index in [2.05, 4.69) is 10.6 Å². The molecular formula is C22H23FN4O4. The molecule has 0 saturated carbocycles. The minimum atomic E-state index is -1.35. The van der Waals surface area contributed by atoms with Crippen LogP contribution in [-0.4, -0.2) is 54.2 Å². The summed E-state index contributed by atoms with van der Waals surface area (Å²) in [7, 11) is 3.27. The molecule has 0 aliphatic carbocycles. The summed E-state index contributed by atoms with van der Waals surface area (Å²) in [5.74, 6) is -1.77. The van der Waals surface area contributed by atoms with E-state index in [1.165, 1.54) is 29.2 Å². The molecule has 1 heterocycles. The van der Waals surface area contributed by atoms with E-state index in [1.54, 1.807) is 45.3 Å². The third-order valence-corrected chi connectivity index (χ3v) is 5.17. The fourth-order valence-corrected chi connectivity index (χ4v) is 3.44. The van der Waals surface area contributed by atoms with Gasteiger partial charge in [-0.2, -0.15) is 0 Å². The maximum atomic E-state index is 13.3. The molecule has 1 saturated heterocycles. The van der Waals surface area contributed by atoms with Crippen molar-refractivity contribution in [1.29, 1.82) is 0 Å². The summed E-state index contributed by atoms with van der Waals surface area (Å²) >= 11 is 0. The molecule has 0 radical (unpaired) electrons. The van der Waals surface area contributed by atoms with Crippen LogP contribution in [0.15, 0.2) is 48.5 Å². The fourth-order valence-electron chi connectivity index (χ4n) is 3.44. The maximum Gasteiger partial charge on any atom is 0.325 e. The number of halogens is 1. The van der Waals surface area contributed by atoms with Gasteiger partial charge in [-0.05, 0) is 48.4 Å². The van der Waals surface area contributed by atoms with Crippen molar-refractivity contribution in [2.75, 3.05) is 26.0 Å². The van der Waals surface area contributed by atoms with Crippen LogP contribution in [0, 0.1) is 5.82 Å². The Morgan fingerprint density at radius 2 is 1.68 bits per heavy atom. The second-order valence-corrected chi connectivity index (χ2v) is 7.41. The molecule has 5 amide bonds. The smallest absolute Gasteiger partial charge is 0.325 e. The normalized spacial score (nSPS) is 18.0. The third kappa shape index (κ3) is 4.25. The van der Waals surface area contributed by atoms with E-state index >= 15 is 0 Å². The van der Waals surface area contributed by atoms with Crippen LogP contribution in [-0.2, 0) is 15.1 Å². The molecule has 0 unspecified atom stereocenters.